The van der Waals surface area contributed by atoms with Gasteiger partial charge in [-0.05, 0) is 38.3 Å². The van der Waals surface area contributed by atoms with Crippen LogP contribution in [-0.4, -0.2) is 52.7 Å². The molecule has 0 bridgehead atoms. The first-order chi connectivity index (χ1) is 11.0. The number of halogens is 2. The maximum absolute atomic E-state index is 12.4. The molecule has 144 valence electrons. The van der Waals surface area contributed by atoms with Crippen molar-refractivity contribution in [2.45, 2.75) is 44.7 Å². The molecule has 0 radical (unpaired) electrons. The van der Waals surface area contributed by atoms with Gasteiger partial charge in [-0.1, -0.05) is 12.8 Å². The first-order valence-electron chi connectivity index (χ1n) is 8.26. The number of nitrogens with two attached hydrogens (primary N) is 1. The number of amides is 2. The number of carbonyl (C=O) groups excluding carboxylic acids is 2. The summed E-state index contributed by atoms with van der Waals surface area (Å²) in [5.74, 6) is 0.0819. The molecule has 1 aliphatic rings. The van der Waals surface area contributed by atoms with E-state index in [0.717, 1.165) is 19.3 Å². The van der Waals surface area contributed by atoms with Crippen molar-refractivity contribution >= 4 is 36.6 Å². The van der Waals surface area contributed by atoms with Crippen molar-refractivity contribution in [3.05, 3.63) is 18.5 Å². The van der Waals surface area contributed by atoms with Crippen LogP contribution in [0.5, 0.6) is 0 Å². The molecule has 0 aromatic carbocycles. The van der Waals surface area contributed by atoms with Gasteiger partial charge in [0.1, 0.15) is 6.04 Å². The second kappa shape index (κ2) is 11.3. The fourth-order valence-corrected chi connectivity index (χ4v) is 3.17. The standard InChI is InChI=1S/C16H27N5O2.2ClH/c1-12(21-9-5-8-18-21)16(23)20(2)11-15(22)19-14-7-4-3-6-13(14)10-17;;/h5,8-9,12-14H,3-4,6-7,10-11,17H2,1-2H3,(H,19,22);2*1H. The summed E-state index contributed by atoms with van der Waals surface area (Å²) in [5.41, 5.74) is 5.79. The van der Waals surface area contributed by atoms with E-state index < -0.39 is 6.04 Å². The third-order valence-electron chi connectivity index (χ3n) is 4.59. The Labute approximate surface area is 161 Å². The minimum absolute atomic E-state index is 0. The van der Waals surface area contributed by atoms with Crippen LogP contribution < -0.4 is 11.1 Å². The van der Waals surface area contributed by atoms with Gasteiger partial charge in [0.05, 0.1) is 6.54 Å². The second-order valence-electron chi connectivity index (χ2n) is 6.31. The van der Waals surface area contributed by atoms with E-state index in [9.17, 15) is 9.59 Å². The summed E-state index contributed by atoms with van der Waals surface area (Å²) < 4.78 is 1.59. The largest absolute Gasteiger partial charge is 0.352 e. The summed E-state index contributed by atoms with van der Waals surface area (Å²) in [4.78, 5) is 26.0. The highest BCUT2D eigenvalue weighted by molar-refractivity contribution is 5.86. The Balaban J connectivity index is 0.00000288. The molecule has 25 heavy (non-hydrogen) atoms. The van der Waals surface area contributed by atoms with E-state index in [4.69, 9.17) is 5.73 Å². The number of hydrogen-bond acceptors (Lipinski definition) is 4. The smallest absolute Gasteiger partial charge is 0.247 e. The van der Waals surface area contributed by atoms with E-state index in [1.165, 1.54) is 11.3 Å². The first kappa shape index (κ1) is 23.7. The van der Waals surface area contributed by atoms with Crippen molar-refractivity contribution in [3.63, 3.8) is 0 Å². The topological polar surface area (TPSA) is 93.3 Å². The van der Waals surface area contributed by atoms with Crippen LogP contribution in [0.15, 0.2) is 18.5 Å². The first-order valence-corrected chi connectivity index (χ1v) is 8.26. The molecule has 3 N–H and O–H groups in total. The number of carbonyl (C=O) groups is 2. The normalized spacial score (nSPS) is 20.6. The van der Waals surface area contributed by atoms with Gasteiger partial charge in [0.15, 0.2) is 0 Å². The Morgan fingerprint density at radius 3 is 2.64 bits per heavy atom. The van der Waals surface area contributed by atoms with Gasteiger partial charge >= 0.3 is 0 Å². The number of hydrogen-bond donors (Lipinski definition) is 2. The highest BCUT2D eigenvalue weighted by atomic mass is 35.5. The van der Waals surface area contributed by atoms with E-state index in [-0.39, 0.29) is 49.2 Å². The van der Waals surface area contributed by atoms with Crippen molar-refractivity contribution in [3.8, 4) is 0 Å². The Hall–Kier alpha value is -1.31. The second-order valence-corrected chi connectivity index (χ2v) is 6.31. The maximum Gasteiger partial charge on any atom is 0.247 e. The van der Waals surface area contributed by atoms with Crippen LogP contribution in [0, 0.1) is 5.92 Å². The van der Waals surface area contributed by atoms with Crippen molar-refractivity contribution in [2.24, 2.45) is 11.7 Å². The molecule has 0 spiro atoms. The van der Waals surface area contributed by atoms with E-state index in [1.54, 1.807) is 37.1 Å². The van der Waals surface area contributed by atoms with Gasteiger partial charge in [0.25, 0.3) is 0 Å². The van der Waals surface area contributed by atoms with Crippen molar-refractivity contribution in [1.29, 1.82) is 0 Å². The molecule has 3 atom stereocenters. The lowest BCUT2D eigenvalue weighted by Crippen LogP contribution is -2.48. The zero-order valence-corrected chi connectivity index (χ0v) is 16.4. The van der Waals surface area contributed by atoms with Crippen LogP contribution in [0.3, 0.4) is 0 Å². The average molecular weight is 394 g/mol. The fourth-order valence-electron chi connectivity index (χ4n) is 3.17. The number of aromatic nitrogens is 2. The Bertz CT molecular complexity index is 527. The van der Waals surface area contributed by atoms with Crippen molar-refractivity contribution in [1.82, 2.24) is 20.0 Å². The Kier molecular flexibility index (Phi) is 10.7. The molecular formula is C16H29Cl2N5O2. The molecule has 9 heteroatoms. The van der Waals surface area contributed by atoms with Crippen molar-refractivity contribution in [2.75, 3.05) is 20.1 Å². The SMILES string of the molecule is CC(C(=O)N(C)CC(=O)NC1CCCCC1CN)n1cccn1.Cl.Cl. The molecule has 1 aromatic rings. The summed E-state index contributed by atoms with van der Waals surface area (Å²) in [7, 11) is 1.64. The fraction of sp³-hybridized carbons (Fsp3) is 0.688. The molecule has 7 nitrogen and oxygen atoms in total. The molecule has 2 amide bonds. The van der Waals surface area contributed by atoms with Crippen LogP contribution in [-0.2, 0) is 9.59 Å². The van der Waals surface area contributed by atoms with Gasteiger partial charge < -0.3 is 16.0 Å². The molecule has 1 heterocycles. The van der Waals surface area contributed by atoms with Crippen LogP contribution in [0.25, 0.3) is 0 Å². The lowest BCUT2D eigenvalue weighted by atomic mass is 9.84. The number of nitrogens with one attached hydrogen (secondary N) is 1. The van der Waals surface area contributed by atoms with Gasteiger partial charge in [-0.15, -0.1) is 24.8 Å². The zero-order chi connectivity index (χ0) is 16.8. The molecular weight excluding hydrogens is 365 g/mol. The van der Waals surface area contributed by atoms with E-state index in [0.29, 0.717) is 12.5 Å². The summed E-state index contributed by atoms with van der Waals surface area (Å²) >= 11 is 0. The Morgan fingerprint density at radius 2 is 2.04 bits per heavy atom. The number of likely N-dealkylation sites (N-methyl/N-ethyl adjacent to an activating group) is 1. The maximum atomic E-state index is 12.4. The summed E-state index contributed by atoms with van der Waals surface area (Å²) in [5, 5.41) is 7.11. The molecule has 1 aliphatic carbocycles. The molecule has 3 unspecified atom stereocenters. The number of rotatable bonds is 6. The minimum Gasteiger partial charge on any atom is -0.352 e. The predicted octanol–water partition coefficient (Wildman–Crippen LogP) is 1.38. The molecule has 2 rings (SSSR count). The monoisotopic (exact) mass is 393 g/mol. The average Bonchev–Trinajstić information content (AvgIpc) is 3.08. The van der Waals surface area contributed by atoms with E-state index in [2.05, 4.69) is 10.4 Å². The van der Waals surface area contributed by atoms with Crippen LogP contribution >= 0.6 is 24.8 Å². The lowest BCUT2D eigenvalue weighted by molar-refractivity contribution is -0.137. The number of nitrogens with zero attached hydrogens (tertiary/aromatic N) is 3. The predicted molar refractivity (Wildman–Crippen MR) is 102 cm³/mol. The lowest BCUT2D eigenvalue weighted by Gasteiger charge is -2.32. The zero-order valence-electron chi connectivity index (χ0n) is 14.8. The molecule has 0 saturated heterocycles. The Morgan fingerprint density at radius 1 is 1.36 bits per heavy atom. The minimum atomic E-state index is -0.422. The molecule has 1 saturated carbocycles. The summed E-state index contributed by atoms with van der Waals surface area (Å²) in [6, 6.07) is 1.48. The van der Waals surface area contributed by atoms with Gasteiger partial charge in [-0.3, -0.25) is 14.3 Å². The summed E-state index contributed by atoms with van der Waals surface area (Å²) in [6.07, 6.45) is 7.69. The van der Waals surface area contributed by atoms with Gasteiger partial charge in [-0.2, -0.15) is 5.10 Å². The van der Waals surface area contributed by atoms with Crippen LogP contribution in [0.2, 0.25) is 0 Å². The van der Waals surface area contributed by atoms with E-state index >= 15 is 0 Å². The molecule has 1 fully saturated rings. The van der Waals surface area contributed by atoms with Crippen molar-refractivity contribution < 1.29 is 9.59 Å². The van der Waals surface area contributed by atoms with E-state index in [1.807, 2.05) is 0 Å². The highest BCUT2D eigenvalue weighted by Gasteiger charge is 2.27. The third-order valence-corrected chi connectivity index (χ3v) is 4.59. The van der Waals surface area contributed by atoms with Gasteiger partial charge in [-0.25, -0.2) is 0 Å². The highest BCUT2D eigenvalue weighted by Crippen LogP contribution is 2.23. The summed E-state index contributed by atoms with van der Waals surface area (Å²) in [6.45, 7) is 2.42. The van der Waals surface area contributed by atoms with Gasteiger partial charge in [0, 0.05) is 25.5 Å². The quantitative estimate of drug-likeness (QED) is 0.763. The molecule has 1 aromatic heterocycles. The third kappa shape index (κ3) is 6.49. The van der Waals surface area contributed by atoms with Gasteiger partial charge in [0.2, 0.25) is 11.8 Å². The van der Waals surface area contributed by atoms with Crippen LogP contribution in [0.4, 0.5) is 0 Å². The molecule has 0 aliphatic heterocycles. The van der Waals surface area contributed by atoms with Crippen LogP contribution in [0.1, 0.15) is 38.6 Å².